The number of rotatable bonds is 8. The fourth-order valence-electron chi connectivity index (χ4n) is 2.43. The summed E-state index contributed by atoms with van der Waals surface area (Å²) in [5, 5.41) is 0.744. The summed E-state index contributed by atoms with van der Waals surface area (Å²) in [5.41, 5.74) is 7.01. The van der Waals surface area contributed by atoms with Crippen molar-refractivity contribution in [3.05, 3.63) is 34.9 Å². The van der Waals surface area contributed by atoms with Crippen molar-refractivity contribution in [2.75, 3.05) is 27.8 Å². The van der Waals surface area contributed by atoms with Gasteiger partial charge in [-0.25, -0.2) is 0 Å². The van der Waals surface area contributed by atoms with E-state index in [4.69, 9.17) is 26.8 Å². The van der Waals surface area contributed by atoms with E-state index in [2.05, 4.69) is 25.8 Å². The van der Waals surface area contributed by atoms with Crippen molar-refractivity contribution >= 4 is 11.6 Å². The third kappa shape index (κ3) is 4.66. The first-order valence-corrected chi connectivity index (χ1v) is 7.49. The summed E-state index contributed by atoms with van der Waals surface area (Å²) < 4.78 is 10.7. The lowest BCUT2D eigenvalue weighted by Crippen LogP contribution is -2.52. The number of nitrogens with zero attached hydrogens (tertiary/aromatic N) is 1. The summed E-state index contributed by atoms with van der Waals surface area (Å²) in [6.07, 6.45) is 0.434. The molecular weight excluding hydrogens is 288 g/mol. The molecule has 0 aliphatic carbocycles. The maximum atomic E-state index is 6.03. The molecule has 0 spiro atoms. The first kappa shape index (κ1) is 18.4. The van der Waals surface area contributed by atoms with Gasteiger partial charge in [-0.05, 0) is 38.6 Å². The van der Waals surface area contributed by atoms with Crippen LogP contribution in [-0.2, 0) is 9.47 Å². The Kier molecular flexibility index (Phi) is 7.10. The molecule has 5 heteroatoms. The maximum absolute atomic E-state index is 6.03. The molecule has 0 saturated carbocycles. The van der Waals surface area contributed by atoms with Crippen LogP contribution in [0.15, 0.2) is 24.3 Å². The zero-order valence-electron chi connectivity index (χ0n) is 13.6. The van der Waals surface area contributed by atoms with E-state index in [1.807, 2.05) is 24.3 Å². The van der Waals surface area contributed by atoms with Crippen molar-refractivity contribution in [3.8, 4) is 0 Å². The van der Waals surface area contributed by atoms with E-state index in [0.29, 0.717) is 13.0 Å². The van der Waals surface area contributed by atoms with Gasteiger partial charge in [0.25, 0.3) is 0 Å². The van der Waals surface area contributed by atoms with Gasteiger partial charge < -0.3 is 15.2 Å². The van der Waals surface area contributed by atoms with Gasteiger partial charge in [0.2, 0.25) is 0 Å². The summed E-state index contributed by atoms with van der Waals surface area (Å²) in [5.74, 6) is 0. The van der Waals surface area contributed by atoms with Crippen LogP contribution < -0.4 is 5.73 Å². The predicted octanol–water partition coefficient (Wildman–Crippen LogP) is 3.06. The molecule has 120 valence electrons. The van der Waals surface area contributed by atoms with Gasteiger partial charge in [0.1, 0.15) is 0 Å². The number of methoxy groups -OCH3 is 2. The Morgan fingerprint density at radius 3 is 2.19 bits per heavy atom. The van der Waals surface area contributed by atoms with Crippen LogP contribution in [0.2, 0.25) is 5.02 Å². The first-order valence-electron chi connectivity index (χ1n) is 7.12. The van der Waals surface area contributed by atoms with Crippen LogP contribution in [0.1, 0.15) is 31.9 Å². The van der Waals surface area contributed by atoms with Gasteiger partial charge in [0.15, 0.2) is 6.29 Å². The Bertz CT molecular complexity index is 423. The van der Waals surface area contributed by atoms with Crippen LogP contribution in [-0.4, -0.2) is 44.5 Å². The molecule has 21 heavy (non-hydrogen) atoms. The second kappa shape index (κ2) is 8.11. The summed E-state index contributed by atoms with van der Waals surface area (Å²) >= 11 is 5.95. The molecule has 4 nitrogen and oxygen atoms in total. The van der Waals surface area contributed by atoms with Crippen LogP contribution in [0.4, 0.5) is 0 Å². The Morgan fingerprint density at radius 1 is 1.24 bits per heavy atom. The summed E-state index contributed by atoms with van der Waals surface area (Å²) in [7, 11) is 5.37. The van der Waals surface area contributed by atoms with Crippen LogP contribution in [0.3, 0.4) is 0 Å². The molecule has 0 fully saturated rings. The lowest BCUT2D eigenvalue weighted by molar-refractivity contribution is -0.129. The van der Waals surface area contributed by atoms with Crippen molar-refractivity contribution < 1.29 is 9.47 Å². The lowest BCUT2D eigenvalue weighted by Gasteiger charge is -2.43. The number of likely N-dealkylation sites (N-methyl/N-ethyl adjacent to an activating group) is 1. The molecule has 1 aromatic carbocycles. The van der Waals surface area contributed by atoms with Gasteiger partial charge >= 0.3 is 0 Å². The predicted molar refractivity (Wildman–Crippen MR) is 87.5 cm³/mol. The highest BCUT2D eigenvalue weighted by atomic mass is 35.5. The standard InChI is InChI=1S/C16H27ClN2O2/c1-12(13-6-8-14(17)9-7-13)19(3)16(2,11-18)10-15(20-4)21-5/h6-9,12,15H,10-11,18H2,1-5H3. The number of ether oxygens (including phenoxy) is 2. The van der Waals surface area contributed by atoms with E-state index in [-0.39, 0.29) is 17.9 Å². The largest absolute Gasteiger partial charge is 0.356 e. The number of hydrogen-bond acceptors (Lipinski definition) is 4. The van der Waals surface area contributed by atoms with Crippen molar-refractivity contribution in [2.45, 2.75) is 38.1 Å². The highest BCUT2D eigenvalue weighted by Gasteiger charge is 2.34. The van der Waals surface area contributed by atoms with Crippen LogP contribution in [0, 0.1) is 0 Å². The number of hydrogen-bond donors (Lipinski definition) is 1. The fraction of sp³-hybridized carbons (Fsp3) is 0.625. The minimum Gasteiger partial charge on any atom is -0.356 e. The summed E-state index contributed by atoms with van der Waals surface area (Å²) in [6, 6.07) is 8.13. The van der Waals surface area contributed by atoms with Gasteiger partial charge in [-0.3, -0.25) is 4.90 Å². The van der Waals surface area contributed by atoms with E-state index in [0.717, 1.165) is 5.02 Å². The smallest absolute Gasteiger partial charge is 0.158 e. The van der Waals surface area contributed by atoms with E-state index < -0.39 is 0 Å². The number of nitrogens with two attached hydrogens (primary N) is 1. The average molecular weight is 315 g/mol. The van der Waals surface area contributed by atoms with E-state index in [9.17, 15) is 0 Å². The molecule has 0 aliphatic rings. The van der Waals surface area contributed by atoms with E-state index >= 15 is 0 Å². The highest BCUT2D eigenvalue weighted by Crippen LogP contribution is 2.30. The van der Waals surface area contributed by atoms with Crippen LogP contribution in [0.25, 0.3) is 0 Å². The molecule has 0 bridgehead atoms. The topological polar surface area (TPSA) is 47.7 Å². The quantitative estimate of drug-likeness (QED) is 0.749. The number of halogens is 1. The van der Waals surface area contributed by atoms with E-state index in [1.165, 1.54) is 5.56 Å². The highest BCUT2D eigenvalue weighted by molar-refractivity contribution is 6.30. The maximum Gasteiger partial charge on any atom is 0.158 e. The molecule has 2 unspecified atom stereocenters. The van der Waals surface area contributed by atoms with Crippen molar-refractivity contribution in [1.29, 1.82) is 0 Å². The minimum atomic E-state index is -0.265. The SMILES string of the molecule is COC(CC(C)(CN)N(C)C(C)c1ccc(Cl)cc1)OC. The third-order valence-electron chi connectivity index (χ3n) is 4.36. The Morgan fingerprint density at radius 2 is 1.76 bits per heavy atom. The third-order valence-corrected chi connectivity index (χ3v) is 4.61. The van der Waals surface area contributed by atoms with Gasteiger partial charge in [0.05, 0.1) is 0 Å². The Labute approximate surface area is 133 Å². The molecule has 2 N–H and O–H groups in total. The van der Waals surface area contributed by atoms with Gasteiger partial charge in [-0.1, -0.05) is 23.7 Å². The molecule has 0 heterocycles. The summed E-state index contributed by atoms with van der Waals surface area (Å²) in [4.78, 5) is 2.27. The van der Waals surface area contributed by atoms with Gasteiger partial charge in [0, 0.05) is 43.8 Å². The Balaban J connectivity index is 2.90. The van der Waals surface area contributed by atoms with Crippen LogP contribution in [0.5, 0.6) is 0 Å². The van der Waals surface area contributed by atoms with Gasteiger partial charge in [-0.15, -0.1) is 0 Å². The van der Waals surface area contributed by atoms with Gasteiger partial charge in [-0.2, -0.15) is 0 Å². The molecule has 2 atom stereocenters. The Hall–Kier alpha value is -0.650. The molecule has 1 rings (SSSR count). The zero-order chi connectivity index (χ0) is 16.0. The molecular formula is C16H27ClN2O2. The molecule has 0 radical (unpaired) electrons. The normalized spacial score (nSPS) is 16.2. The molecule has 0 amide bonds. The molecule has 1 aromatic rings. The van der Waals surface area contributed by atoms with Crippen LogP contribution >= 0.6 is 11.6 Å². The monoisotopic (exact) mass is 314 g/mol. The molecule has 0 saturated heterocycles. The second-order valence-electron chi connectivity index (χ2n) is 5.64. The lowest BCUT2D eigenvalue weighted by atomic mass is 9.92. The minimum absolute atomic E-state index is 0.213. The zero-order valence-corrected chi connectivity index (χ0v) is 14.4. The second-order valence-corrected chi connectivity index (χ2v) is 6.08. The van der Waals surface area contributed by atoms with Crippen molar-refractivity contribution in [1.82, 2.24) is 4.90 Å². The fourth-order valence-corrected chi connectivity index (χ4v) is 2.55. The van der Waals surface area contributed by atoms with E-state index in [1.54, 1.807) is 14.2 Å². The number of benzene rings is 1. The van der Waals surface area contributed by atoms with Crippen molar-refractivity contribution in [3.63, 3.8) is 0 Å². The van der Waals surface area contributed by atoms with Crippen molar-refractivity contribution in [2.24, 2.45) is 5.73 Å². The first-order chi connectivity index (χ1) is 9.87. The molecule has 0 aliphatic heterocycles. The average Bonchev–Trinajstić information content (AvgIpc) is 2.51. The summed E-state index contributed by atoms with van der Waals surface area (Å²) in [6.45, 7) is 4.81. The molecule has 0 aromatic heterocycles.